The van der Waals surface area contributed by atoms with Crippen LogP contribution in [0.15, 0.2) is 47.4 Å². The molecule has 6 nitrogen and oxygen atoms in total. The van der Waals surface area contributed by atoms with E-state index in [1.807, 2.05) is 12.1 Å². The van der Waals surface area contributed by atoms with Gasteiger partial charge in [-0.1, -0.05) is 23.7 Å². The fourth-order valence-electron chi connectivity index (χ4n) is 3.51. The fourth-order valence-corrected chi connectivity index (χ4v) is 5.16. The molecule has 0 amide bonds. The van der Waals surface area contributed by atoms with Gasteiger partial charge in [0.15, 0.2) is 0 Å². The summed E-state index contributed by atoms with van der Waals surface area (Å²) in [7, 11) is -3.73. The third kappa shape index (κ3) is 3.34. The minimum Gasteiger partial charge on any atom is -0.481 e. The van der Waals surface area contributed by atoms with Gasteiger partial charge in [-0.2, -0.15) is 4.31 Å². The number of hydrogen-bond acceptors (Lipinski definition) is 3. The van der Waals surface area contributed by atoms with E-state index in [0.717, 1.165) is 22.2 Å². The number of carbonyl (C=O) groups is 1. The normalized spacial score (nSPS) is 15.0. The lowest BCUT2D eigenvalue weighted by molar-refractivity contribution is -0.136. The second-order valence-corrected chi connectivity index (χ2v) is 8.95. The largest absolute Gasteiger partial charge is 0.481 e. The Morgan fingerprint density at radius 2 is 2.04 bits per heavy atom. The average Bonchev–Trinajstić information content (AvgIpc) is 2.98. The molecule has 2 heterocycles. The maximum Gasteiger partial charge on any atom is 0.307 e. The highest BCUT2D eigenvalue weighted by Gasteiger charge is 2.30. The number of carboxylic acid groups (broad SMARTS) is 1. The molecule has 1 aliphatic heterocycles. The molecule has 0 saturated carbocycles. The maximum absolute atomic E-state index is 13.1. The predicted molar refractivity (Wildman–Crippen MR) is 102 cm³/mol. The lowest BCUT2D eigenvalue weighted by Crippen LogP contribution is -2.35. The number of aromatic amines is 1. The first-order valence-electron chi connectivity index (χ1n) is 8.44. The summed E-state index contributed by atoms with van der Waals surface area (Å²) in [6, 6.07) is 11.7. The number of halogens is 1. The Morgan fingerprint density at radius 1 is 1.22 bits per heavy atom. The summed E-state index contributed by atoms with van der Waals surface area (Å²) in [5, 5.41) is 10.5. The van der Waals surface area contributed by atoms with Gasteiger partial charge in [0.05, 0.1) is 11.3 Å². The molecular weight excluding hydrogens is 388 g/mol. The Labute approximate surface area is 161 Å². The summed E-state index contributed by atoms with van der Waals surface area (Å²) in [5.41, 5.74) is 3.36. The van der Waals surface area contributed by atoms with Crippen LogP contribution in [-0.4, -0.2) is 35.3 Å². The third-order valence-electron chi connectivity index (χ3n) is 4.79. The predicted octanol–water partition coefficient (Wildman–Crippen LogP) is 3.20. The Hall–Kier alpha value is -2.35. The fraction of sp³-hybridized carbons (Fsp3) is 0.211. The number of benzene rings is 2. The second-order valence-electron chi connectivity index (χ2n) is 6.58. The number of rotatable bonds is 4. The van der Waals surface area contributed by atoms with E-state index in [2.05, 4.69) is 4.98 Å². The molecule has 1 aromatic heterocycles. The van der Waals surface area contributed by atoms with Crippen LogP contribution in [0.3, 0.4) is 0 Å². The van der Waals surface area contributed by atoms with Crippen LogP contribution in [-0.2, 0) is 34.2 Å². The van der Waals surface area contributed by atoms with E-state index >= 15 is 0 Å². The highest BCUT2D eigenvalue weighted by atomic mass is 35.5. The molecule has 0 bridgehead atoms. The molecule has 0 unspecified atom stereocenters. The zero-order valence-electron chi connectivity index (χ0n) is 14.3. The summed E-state index contributed by atoms with van der Waals surface area (Å²) in [4.78, 5) is 14.4. The maximum atomic E-state index is 13.1. The monoisotopic (exact) mass is 404 g/mol. The van der Waals surface area contributed by atoms with Crippen LogP contribution < -0.4 is 0 Å². The number of fused-ring (bicyclic) bond motifs is 3. The first kappa shape index (κ1) is 18.0. The number of aromatic nitrogens is 1. The molecule has 1 aliphatic rings. The average molecular weight is 405 g/mol. The summed E-state index contributed by atoms with van der Waals surface area (Å²) in [5.74, 6) is -0.997. The Kier molecular flexibility index (Phi) is 4.46. The van der Waals surface area contributed by atoms with Crippen molar-refractivity contribution in [2.24, 2.45) is 0 Å². The molecule has 27 heavy (non-hydrogen) atoms. The number of H-pyrrole nitrogens is 1. The lowest BCUT2D eigenvalue weighted by atomic mass is 10.1. The lowest BCUT2D eigenvalue weighted by Gasteiger charge is -2.26. The zero-order valence-corrected chi connectivity index (χ0v) is 15.8. The number of nitrogens with zero attached hydrogens (tertiary/aromatic N) is 1. The Bertz CT molecular complexity index is 1150. The molecule has 0 spiro atoms. The van der Waals surface area contributed by atoms with Gasteiger partial charge in [-0.05, 0) is 41.5 Å². The van der Waals surface area contributed by atoms with Crippen molar-refractivity contribution >= 4 is 38.5 Å². The summed E-state index contributed by atoms with van der Waals surface area (Å²) >= 11 is 6.11. The molecule has 2 aromatic carbocycles. The van der Waals surface area contributed by atoms with Crippen molar-refractivity contribution in [3.63, 3.8) is 0 Å². The Balaban J connectivity index is 1.69. The molecule has 0 atom stereocenters. The number of hydrogen-bond donors (Lipinski definition) is 2. The van der Waals surface area contributed by atoms with Gasteiger partial charge in [0.2, 0.25) is 10.0 Å². The van der Waals surface area contributed by atoms with E-state index in [9.17, 15) is 13.2 Å². The van der Waals surface area contributed by atoms with Gasteiger partial charge >= 0.3 is 5.97 Å². The molecule has 0 fully saturated rings. The molecule has 8 heteroatoms. The van der Waals surface area contributed by atoms with Crippen molar-refractivity contribution in [3.8, 4) is 0 Å². The first-order valence-corrected chi connectivity index (χ1v) is 10.3. The third-order valence-corrected chi connectivity index (χ3v) is 6.87. The van der Waals surface area contributed by atoms with Crippen molar-refractivity contribution in [1.82, 2.24) is 9.29 Å². The Morgan fingerprint density at radius 3 is 2.81 bits per heavy atom. The van der Waals surface area contributed by atoms with Crippen LogP contribution >= 0.6 is 11.6 Å². The van der Waals surface area contributed by atoms with Crippen molar-refractivity contribution in [2.45, 2.75) is 24.3 Å². The molecule has 2 N–H and O–H groups in total. The van der Waals surface area contributed by atoms with Crippen LogP contribution in [0.2, 0.25) is 5.02 Å². The standard InChI is InChI=1S/C19H17ClN2O4S/c20-13-4-5-17-15(10-13)16-11-22(7-6-18(16)21-17)27(25,26)14-3-1-2-12(8-14)9-19(23)24/h1-5,8,10,21H,6-7,9,11H2,(H,23,24). The number of nitrogens with one attached hydrogen (secondary N) is 1. The number of carboxylic acids is 1. The van der Waals surface area contributed by atoms with Crippen molar-refractivity contribution in [1.29, 1.82) is 0 Å². The van der Waals surface area contributed by atoms with E-state index in [1.165, 1.54) is 16.4 Å². The van der Waals surface area contributed by atoms with Gasteiger partial charge < -0.3 is 10.1 Å². The van der Waals surface area contributed by atoms with Gasteiger partial charge in [0, 0.05) is 41.1 Å². The van der Waals surface area contributed by atoms with Crippen LogP contribution in [0.1, 0.15) is 16.8 Å². The van der Waals surface area contributed by atoms with Crippen molar-refractivity contribution < 1.29 is 18.3 Å². The van der Waals surface area contributed by atoms with Crippen LogP contribution in [0.5, 0.6) is 0 Å². The zero-order chi connectivity index (χ0) is 19.2. The van der Waals surface area contributed by atoms with Gasteiger partial charge in [0.1, 0.15) is 0 Å². The van der Waals surface area contributed by atoms with E-state index in [-0.39, 0.29) is 17.9 Å². The van der Waals surface area contributed by atoms with Crippen molar-refractivity contribution in [3.05, 3.63) is 64.3 Å². The first-order chi connectivity index (χ1) is 12.8. The van der Waals surface area contributed by atoms with Gasteiger partial charge in [-0.25, -0.2) is 8.42 Å². The van der Waals surface area contributed by atoms with E-state index in [0.29, 0.717) is 23.6 Å². The minimum atomic E-state index is -3.73. The second kappa shape index (κ2) is 6.67. The smallest absolute Gasteiger partial charge is 0.307 e. The van der Waals surface area contributed by atoms with E-state index < -0.39 is 16.0 Å². The molecule has 0 radical (unpaired) electrons. The van der Waals surface area contributed by atoms with Gasteiger partial charge in [0.25, 0.3) is 0 Å². The molecular formula is C19H17ClN2O4S. The van der Waals surface area contributed by atoms with E-state index in [1.54, 1.807) is 18.2 Å². The van der Waals surface area contributed by atoms with Crippen LogP contribution in [0, 0.1) is 0 Å². The SMILES string of the molecule is O=C(O)Cc1cccc(S(=O)(=O)N2CCc3[nH]c4ccc(Cl)cc4c3C2)c1. The van der Waals surface area contributed by atoms with Gasteiger partial charge in [-0.15, -0.1) is 0 Å². The summed E-state index contributed by atoms with van der Waals surface area (Å²) in [6.45, 7) is 0.611. The highest BCUT2D eigenvalue weighted by molar-refractivity contribution is 7.89. The van der Waals surface area contributed by atoms with Crippen molar-refractivity contribution in [2.75, 3.05) is 6.54 Å². The summed E-state index contributed by atoms with van der Waals surface area (Å²) in [6.07, 6.45) is 0.365. The molecule has 0 saturated heterocycles. The molecule has 0 aliphatic carbocycles. The molecule has 3 aromatic rings. The quantitative estimate of drug-likeness (QED) is 0.698. The van der Waals surface area contributed by atoms with Crippen LogP contribution in [0.4, 0.5) is 0 Å². The molecule has 140 valence electrons. The summed E-state index contributed by atoms with van der Waals surface area (Å²) < 4.78 is 27.6. The minimum absolute atomic E-state index is 0.113. The van der Waals surface area contributed by atoms with E-state index in [4.69, 9.17) is 16.7 Å². The molecule has 4 rings (SSSR count). The number of aliphatic carboxylic acids is 1. The van der Waals surface area contributed by atoms with Crippen LogP contribution in [0.25, 0.3) is 10.9 Å². The topological polar surface area (TPSA) is 90.5 Å². The van der Waals surface area contributed by atoms with Gasteiger partial charge in [-0.3, -0.25) is 4.79 Å². The highest BCUT2D eigenvalue weighted by Crippen LogP contribution is 2.32. The number of sulfonamides is 1.